The van der Waals surface area contributed by atoms with Gasteiger partial charge < -0.3 is 15.5 Å². The highest BCUT2D eigenvalue weighted by Crippen LogP contribution is 2.19. The molecule has 0 fully saturated rings. The normalized spacial score (nSPS) is 11.9. The number of rotatable bonds is 7. The monoisotopic (exact) mass is 353 g/mol. The first-order valence-electron chi connectivity index (χ1n) is 8.81. The van der Waals surface area contributed by atoms with Gasteiger partial charge in [-0.15, -0.1) is 0 Å². The van der Waals surface area contributed by atoms with E-state index in [-0.39, 0.29) is 17.9 Å². The molecule has 0 aliphatic rings. The van der Waals surface area contributed by atoms with Crippen LogP contribution < -0.4 is 10.6 Å². The lowest BCUT2D eigenvalue weighted by molar-refractivity contribution is -0.114. The summed E-state index contributed by atoms with van der Waals surface area (Å²) in [6.45, 7) is 4.08. The molecular weight excluding hydrogens is 326 g/mol. The first-order valence-corrected chi connectivity index (χ1v) is 8.81. The van der Waals surface area contributed by atoms with E-state index in [9.17, 15) is 9.59 Å². The number of hydrogen-bond acceptors (Lipinski definition) is 3. The van der Waals surface area contributed by atoms with Gasteiger partial charge in [-0.05, 0) is 49.8 Å². The van der Waals surface area contributed by atoms with Gasteiger partial charge in [0.2, 0.25) is 5.91 Å². The Bertz CT molecular complexity index is 754. The summed E-state index contributed by atoms with van der Waals surface area (Å²) in [4.78, 5) is 25.8. The van der Waals surface area contributed by atoms with E-state index in [0.29, 0.717) is 17.8 Å². The van der Waals surface area contributed by atoms with E-state index in [4.69, 9.17) is 0 Å². The minimum absolute atomic E-state index is 0.0865. The predicted molar refractivity (Wildman–Crippen MR) is 105 cm³/mol. The Morgan fingerprint density at radius 3 is 2.35 bits per heavy atom. The van der Waals surface area contributed by atoms with E-state index >= 15 is 0 Å². The molecule has 5 heteroatoms. The molecule has 0 bridgehead atoms. The molecule has 0 radical (unpaired) electrons. The number of amides is 2. The van der Waals surface area contributed by atoms with Crippen LogP contribution in [0.25, 0.3) is 0 Å². The molecule has 0 aliphatic heterocycles. The van der Waals surface area contributed by atoms with Gasteiger partial charge >= 0.3 is 0 Å². The minimum atomic E-state index is -0.161. The van der Waals surface area contributed by atoms with Crippen LogP contribution in [-0.2, 0) is 11.2 Å². The highest BCUT2D eigenvalue weighted by molar-refractivity contribution is 5.96. The zero-order chi connectivity index (χ0) is 19.1. The summed E-state index contributed by atoms with van der Waals surface area (Å²) in [5.41, 5.74) is 3.60. The molecule has 0 spiro atoms. The molecular formula is C21H27N3O2. The lowest BCUT2D eigenvalue weighted by atomic mass is 10.0. The summed E-state index contributed by atoms with van der Waals surface area (Å²) in [6.07, 6.45) is 1.01. The van der Waals surface area contributed by atoms with Crippen molar-refractivity contribution in [2.24, 2.45) is 0 Å². The van der Waals surface area contributed by atoms with Gasteiger partial charge in [0.1, 0.15) is 0 Å². The van der Waals surface area contributed by atoms with Crippen molar-refractivity contribution < 1.29 is 9.59 Å². The van der Waals surface area contributed by atoms with Gasteiger partial charge in [0, 0.05) is 24.7 Å². The number of carbonyl (C=O) groups is 2. The minimum Gasteiger partial charge on any atom is -0.350 e. The van der Waals surface area contributed by atoms with E-state index in [1.165, 1.54) is 18.1 Å². The first-order chi connectivity index (χ1) is 12.4. The molecule has 2 rings (SSSR count). The van der Waals surface area contributed by atoms with Crippen LogP contribution in [0.1, 0.15) is 41.4 Å². The zero-order valence-electron chi connectivity index (χ0n) is 15.9. The molecule has 0 aromatic heterocycles. The fourth-order valence-corrected chi connectivity index (χ4v) is 2.81. The van der Waals surface area contributed by atoms with Crippen molar-refractivity contribution in [3.05, 3.63) is 65.2 Å². The van der Waals surface area contributed by atoms with Crippen LogP contribution in [0.15, 0.2) is 48.5 Å². The number of nitrogens with zero attached hydrogens (tertiary/aromatic N) is 1. The Kier molecular flexibility index (Phi) is 6.92. The number of aryl methyl sites for hydroxylation is 1. The molecule has 0 heterocycles. The summed E-state index contributed by atoms with van der Waals surface area (Å²) >= 11 is 0. The van der Waals surface area contributed by atoms with Gasteiger partial charge in [0.05, 0.1) is 6.04 Å². The first kappa shape index (κ1) is 19.7. The summed E-state index contributed by atoms with van der Waals surface area (Å²) in [5, 5.41) is 5.69. The Hall–Kier alpha value is -2.66. The van der Waals surface area contributed by atoms with E-state index in [1.807, 2.05) is 14.1 Å². The molecule has 5 nitrogen and oxygen atoms in total. The average molecular weight is 353 g/mol. The largest absolute Gasteiger partial charge is 0.350 e. The van der Waals surface area contributed by atoms with E-state index < -0.39 is 0 Å². The van der Waals surface area contributed by atoms with Crippen molar-refractivity contribution in [1.29, 1.82) is 0 Å². The average Bonchev–Trinajstić information content (AvgIpc) is 2.61. The van der Waals surface area contributed by atoms with Gasteiger partial charge in [-0.1, -0.05) is 37.3 Å². The van der Waals surface area contributed by atoms with Gasteiger partial charge in [0.15, 0.2) is 0 Å². The third-order valence-electron chi connectivity index (χ3n) is 4.30. The SMILES string of the molecule is CCc1ccc([C@@H](CNC(=O)c2cccc(NC(C)=O)c2)N(C)C)cc1. The van der Waals surface area contributed by atoms with Crippen molar-refractivity contribution in [2.75, 3.05) is 26.0 Å². The lowest BCUT2D eigenvalue weighted by Crippen LogP contribution is -2.34. The van der Waals surface area contributed by atoms with Crippen molar-refractivity contribution in [3.8, 4) is 0 Å². The number of carbonyl (C=O) groups excluding carboxylic acids is 2. The fraction of sp³-hybridized carbons (Fsp3) is 0.333. The Labute approximate surface area is 155 Å². The highest BCUT2D eigenvalue weighted by atomic mass is 16.2. The third kappa shape index (κ3) is 5.43. The summed E-state index contributed by atoms with van der Waals surface area (Å²) < 4.78 is 0. The number of benzene rings is 2. The van der Waals surface area contributed by atoms with Gasteiger partial charge in [0.25, 0.3) is 5.91 Å². The molecule has 26 heavy (non-hydrogen) atoms. The highest BCUT2D eigenvalue weighted by Gasteiger charge is 2.16. The van der Waals surface area contributed by atoms with Crippen molar-refractivity contribution in [2.45, 2.75) is 26.3 Å². The molecule has 2 aromatic rings. The Balaban J connectivity index is 2.06. The van der Waals surface area contributed by atoms with Gasteiger partial charge in [-0.25, -0.2) is 0 Å². The van der Waals surface area contributed by atoms with Crippen molar-refractivity contribution in [1.82, 2.24) is 10.2 Å². The maximum absolute atomic E-state index is 12.5. The van der Waals surface area contributed by atoms with Crippen LogP contribution >= 0.6 is 0 Å². The molecule has 0 saturated carbocycles. The smallest absolute Gasteiger partial charge is 0.251 e. The molecule has 1 atom stereocenters. The molecule has 0 unspecified atom stereocenters. The molecule has 2 N–H and O–H groups in total. The second kappa shape index (κ2) is 9.15. The second-order valence-corrected chi connectivity index (χ2v) is 6.55. The molecule has 0 aliphatic carbocycles. The van der Waals surface area contributed by atoms with Crippen LogP contribution in [0.3, 0.4) is 0 Å². The van der Waals surface area contributed by atoms with Crippen molar-refractivity contribution in [3.63, 3.8) is 0 Å². The van der Waals surface area contributed by atoms with E-state index in [1.54, 1.807) is 24.3 Å². The lowest BCUT2D eigenvalue weighted by Gasteiger charge is -2.25. The van der Waals surface area contributed by atoms with E-state index in [0.717, 1.165) is 6.42 Å². The van der Waals surface area contributed by atoms with Crippen LogP contribution in [0, 0.1) is 0 Å². The number of likely N-dealkylation sites (N-methyl/N-ethyl adjacent to an activating group) is 1. The maximum atomic E-state index is 12.5. The van der Waals surface area contributed by atoms with Crippen molar-refractivity contribution >= 4 is 17.5 Å². The Morgan fingerprint density at radius 1 is 1.08 bits per heavy atom. The van der Waals surface area contributed by atoms with Gasteiger partial charge in [-0.2, -0.15) is 0 Å². The van der Waals surface area contributed by atoms with Crippen LogP contribution in [0.4, 0.5) is 5.69 Å². The fourth-order valence-electron chi connectivity index (χ4n) is 2.81. The number of anilines is 1. The summed E-state index contributed by atoms with van der Waals surface area (Å²) in [5.74, 6) is -0.319. The Morgan fingerprint density at radius 2 is 1.77 bits per heavy atom. The molecule has 2 aromatic carbocycles. The topological polar surface area (TPSA) is 61.4 Å². The quantitative estimate of drug-likeness (QED) is 0.803. The zero-order valence-corrected chi connectivity index (χ0v) is 15.9. The standard InChI is InChI=1S/C21H27N3O2/c1-5-16-9-11-17(12-10-16)20(24(3)4)14-22-21(26)18-7-6-8-19(13-18)23-15(2)25/h6-13,20H,5,14H2,1-4H3,(H,22,26)(H,23,25)/t20-/m1/s1. The third-order valence-corrected chi connectivity index (χ3v) is 4.30. The maximum Gasteiger partial charge on any atom is 0.251 e. The predicted octanol–water partition coefficient (Wildman–Crippen LogP) is 3.24. The molecule has 2 amide bonds. The number of hydrogen-bond donors (Lipinski definition) is 2. The summed E-state index contributed by atoms with van der Waals surface area (Å²) in [6, 6.07) is 15.5. The second-order valence-electron chi connectivity index (χ2n) is 6.55. The summed E-state index contributed by atoms with van der Waals surface area (Å²) in [7, 11) is 4.00. The van der Waals surface area contributed by atoms with Crippen LogP contribution in [0.2, 0.25) is 0 Å². The van der Waals surface area contributed by atoms with Crippen LogP contribution in [-0.4, -0.2) is 37.4 Å². The number of nitrogens with one attached hydrogen (secondary N) is 2. The molecule has 0 saturated heterocycles. The van der Waals surface area contributed by atoms with Gasteiger partial charge in [-0.3, -0.25) is 9.59 Å². The van der Waals surface area contributed by atoms with E-state index in [2.05, 4.69) is 46.7 Å². The van der Waals surface area contributed by atoms with Crippen LogP contribution in [0.5, 0.6) is 0 Å². The molecule has 138 valence electrons.